The highest BCUT2D eigenvalue weighted by atomic mass is 35.5. The average molecular weight is 398 g/mol. The smallest absolute Gasteiger partial charge is 0.170 e. The summed E-state index contributed by atoms with van der Waals surface area (Å²) in [6.07, 6.45) is 7.96. The molecule has 1 heterocycles. The zero-order chi connectivity index (χ0) is 19.8. The maximum atomic E-state index is 12.6. The Kier molecular flexibility index (Phi) is 5.00. The summed E-state index contributed by atoms with van der Waals surface area (Å²) in [5.41, 5.74) is 1.97. The summed E-state index contributed by atoms with van der Waals surface area (Å²) in [4.78, 5) is 29.0. The number of aromatic nitrogens is 1. The van der Waals surface area contributed by atoms with Crippen LogP contribution in [0.3, 0.4) is 0 Å². The van der Waals surface area contributed by atoms with Crippen molar-refractivity contribution in [3.05, 3.63) is 58.9 Å². The molecule has 5 heteroatoms. The first-order valence-corrected chi connectivity index (χ1v) is 10.1. The minimum Gasteiger partial charge on any atom is -0.486 e. The van der Waals surface area contributed by atoms with Crippen molar-refractivity contribution in [3.63, 3.8) is 0 Å². The van der Waals surface area contributed by atoms with Gasteiger partial charge in [0, 0.05) is 35.7 Å². The lowest BCUT2D eigenvalue weighted by molar-refractivity contribution is -0.208. The van der Waals surface area contributed by atoms with Gasteiger partial charge in [0.25, 0.3) is 0 Å². The number of Topliss-reactive ketones (excluding diaryl/α,β-unsaturated/α-hetero) is 2. The Morgan fingerprint density at radius 1 is 1.14 bits per heavy atom. The molecule has 0 atom stereocenters. The van der Waals surface area contributed by atoms with Gasteiger partial charge in [0.05, 0.1) is 0 Å². The van der Waals surface area contributed by atoms with Gasteiger partial charge < -0.3 is 4.74 Å². The number of rotatable bonds is 9. The minimum absolute atomic E-state index is 0.0443. The first-order valence-electron chi connectivity index (χ1n) is 9.73. The summed E-state index contributed by atoms with van der Waals surface area (Å²) >= 11 is 6.01. The van der Waals surface area contributed by atoms with Crippen molar-refractivity contribution < 1.29 is 14.3 Å². The molecule has 2 aromatic rings. The molecule has 0 aliphatic heterocycles. The van der Waals surface area contributed by atoms with E-state index in [0.717, 1.165) is 36.8 Å². The molecule has 4 nitrogen and oxygen atoms in total. The predicted molar refractivity (Wildman–Crippen MR) is 108 cm³/mol. The molecule has 1 aromatic heterocycles. The van der Waals surface area contributed by atoms with E-state index in [1.807, 2.05) is 25.1 Å². The number of benzene rings is 1. The van der Waals surface area contributed by atoms with E-state index in [4.69, 9.17) is 16.3 Å². The van der Waals surface area contributed by atoms with Gasteiger partial charge in [-0.3, -0.25) is 14.6 Å². The molecule has 0 N–H and O–H groups in total. The molecule has 28 heavy (non-hydrogen) atoms. The standard InChI is InChI=1S/C23H24ClNO3/c1-16-10-19(3-4-20(16)24)28-12-18(26)11-22-13-23(14-22,15-22)21(27)5-2-17-6-8-25-9-7-17/h3-4,6-10H,2,5,11-15H2,1H3. The Hall–Kier alpha value is -2.20. The van der Waals surface area contributed by atoms with Crippen molar-refractivity contribution in [2.24, 2.45) is 10.8 Å². The van der Waals surface area contributed by atoms with Crippen LogP contribution in [0.1, 0.15) is 43.2 Å². The van der Waals surface area contributed by atoms with Crippen molar-refractivity contribution in [2.45, 2.75) is 45.4 Å². The van der Waals surface area contributed by atoms with E-state index in [1.54, 1.807) is 24.5 Å². The fourth-order valence-corrected chi connectivity index (χ4v) is 5.01. The Balaban J connectivity index is 1.21. The van der Waals surface area contributed by atoms with Crippen LogP contribution in [0.25, 0.3) is 0 Å². The Morgan fingerprint density at radius 3 is 2.54 bits per heavy atom. The molecule has 0 amide bonds. The van der Waals surface area contributed by atoms with Gasteiger partial charge in [-0.15, -0.1) is 0 Å². The van der Waals surface area contributed by atoms with E-state index in [-0.39, 0.29) is 23.2 Å². The number of hydrogen-bond donors (Lipinski definition) is 0. The number of halogens is 1. The van der Waals surface area contributed by atoms with Crippen LogP contribution in [-0.2, 0) is 16.0 Å². The van der Waals surface area contributed by atoms with Crippen LogP contribution in [0, 0.1) is 17.8 Å². The third-order valence-corrected chi connectivity index (χ3v) is 6.65. The SMILES string of the molecule is Cc1cc(OCC(=O)CC23CC(C(=O)CCc4ccncc4)(C2)C3)ccc1Cl. The van der Waals surface area contributed by atoms with Crippen molar-refractivity contribution in [1.29, 1.82) is 0 Å². The number of carbonyl (C=O) groups is 2. The van der Waals surface area contributed by atoms with Gasteiger partial charge in [-0.2, -0.15) is 0 Å². The fraction of sp³-hybridized carbons (Fsp3) is 0.435. The van der Waals surface area contributed by atoms with E-state index >= 15 is 0 Å². The molecule has 3 fully saturated rings. The van der Waals surface area contributed by atoms with Crippen molar-refractivity contribution in [2.75, 3.05) is 6.61 Å². The second-order valence-electron chi connectivity index (χ2n) is 8.50. The molecular formula is C23H24ClNO3. The van der Waals surface area contributed by atoms with Crippen LogP contribution in [0.2, 0.25) is 5.02 Å². The molecule has 0 saturated heterocycles. The molecule has 3 aliphatic carbocycles. The molecule has 146 valence electrons. The lowest BCUT2D eigenvalue weighted by Crippen LogP contribution is -2.65. The van der Waals surface area contributed by atoms with Gasteiger partial charge in [0.2, 0.25) is 0 Å². The second-order valence-corrected chi connectivity index (χ2v) is 8.91. The molecule has 0 unspecified atom stereocenters. The van der Waals surface area contributed by atoms with E-state index in [9.17, 15) is 9.59 Å². The number of ether oxygens (including phenoxy) is 1. The largest absolute Gasteiger partial charge is 0.486 e. The van der Waals surface area contributed by atoms with Crippen LogP contribution in [0.4, 0.5) is 0 Å². The number of pyridine rings is 1. The number of ketones is 2. The van der Waals surface area contributed by atoms with Crippen LogP contribution in [0.5, 0.6) is 5.75 Å². The van der Waals surface area contributed by atoms with E-state index in [2.05, 4.69) is 4.98 Å². The highest BCUT2D eigenvalue weighted by Gasteiger charge is 2.70. The quantitative estimate of drug-likeness (QED) is 0.612. The molecule has 5 rings (SSSR count). The normalized spacial score (nSPS) is 24.8. The van der Waals surface area contributed by atoms with E-state index in [1.165, 1.54) is 0 Å². The van der Waals surface area contributed by atoms with Crippen molar-refractivity contribution in [1.82, 2.24) is 4.98 Å². The highest BCUT2D eigenvalue weighted by Crippen LogP contribution is 2.75. The molecule has 0 radical (unpaired) electrons. The average Bonchev–Trinajstić information content (AvgIpc) is 2.63. The van der Waals surface area contributed by atoms with Gasteiger partial charge in [-0.05, 0) is 79.5 Å². The van der Waals surface area contributed by atoms with Crippen LogP contribution in [0.15, 0.2) is 42.7 Å². The molecule has 3 aliphatic rings. The van der Waals surface area contributed by atoms with Crippen molar-refractivity contribution in [3.8, 4) is 5.75 Å². The molecular weight excluding hydrogens is 374 g/mol. The van der Waals surface area contributed by atoms with Crippen molar-refractivity contribution >= 4 is 23.2 Å². The molecule has 1 aromatic carbocycles. The maximum Gasteiger partial charge on any atom is 0.170 e. The summed E-state index contributed by atoms with van der Waals surface area (Å²) < 4.78 is 5.62. The zero-order valence-electron chi connectivity index (χ0n) is 16.0. The number of carbonyl (C=O) groups excluding carboxylic acids is 2. The second kappa shape index (κ2) is 7.32. The van der Waals surface area contributed by atoms with Crippen LogP contribution < -0.4 is 4.74 Å². The summed E-state index contributed by atoms with van der Waals surface area (Å²) in [6.45, 7) is 1.98. The lowest BCUT2D eigenvalue weighted by Gasteiger charge is -2.70. The molecule has 0 spiro atoms. The first kappa shape index (κ1) is 19.1. The fourth-order valence-electron chi connectivity index (χ4n) is 4.89. The highest BCUT2D eigenvalue weighted by molar-refractivity contribution is 6.31. The van der Waals surface area contributed by atoms with Gasteiger partial charge in [0.15, 0.2) is 5.78 Å². The summed E-state index contributed by atoms with van der Waals surface area (Å²) in [5.74, 6) is 1.12. The summed E-state index contributed by atoms with van der Waals surface area (Å²) in [5, 5.41) is 0.687. The summed E-state index contributed by atoms with van der Waals surface area (Å²) in [6, 6.07) is 9.31. The predicted octanol–water partition coefficient (Wildman–Crippen LogP) is 4.75. The molecule has 2 bridgehead atoms. The van der Waals surface area contributed by atoms with Gasteiger partial charge in [0.1, 0.15) is 18.1 Å². The van der Waals surface area contributed by atoms with Gasteiger partial charge in [-0.1, -0.05) is 11.6 Å². The monoisotopic (exact) mass is 397 g/mol. The van der Waals surface area contributed by atoms with E-state index < -0.39 is 0 Å². The Bertz CT molecular complexity index is 890. The Labute approximate surface area is 170 Å². The number of aryl methyl sites for hydroxylation is 2. The maximum absolute atomic E-state index is 12.6. The topological polar surface area (TPSA) is 56.3 Å². The third kappa shape index (κ3) is 3.70. The van der Waals surface area contributed by atoms with E-state index in [0.29, 0.717) is 29.4 Å². The van der Waals surface area contributed by atoms with Crippen LogP contribution >= 0.6 is 11.6 Å². The number of nitrogens with zero attached hydrogens (tertiary/aromatic N) is 1. The van der Waals surface area contributed by atoms with Gasteiger partial charge in [-0.25, -0.2) is 0 Å². The molecule has 3 saturated carbocycles. The zero-order valence-corrected chi connectivity index (χ0v) is 16.8. The third-order valence-electron chi connectivity index (χ3n) is 6.22. The minimum atomic E-state index is -0.151. The van der Waals surface area contributed by atoms with Crippen LogP contribution in [-0.4, -0.2) is 23.2 Å². The lowest BCUT2D eigenvalue weighted by atomic mass is 9.33. The Morgan fingerprint density at radius 2 is 1.86 bits per heavy atom. The van der Waals surface area contributed by atoms with Gasteiger partial charge >= 0.3 is 0 Å². The number of hydrogen-bond acceptors (Lipinski definition) is 4. The summed E-state index contributed by atoms with van der Waals surface area (Å²) in [7, 11) is 0. The first-order chi connectivity index (χ1) is 13.4.